The Morgan fingerprint density at radius 2 is 1.73 bits per heavy atom. The highest BCUT2D eigenvalue weighted by atomic mass is 32.2. The van der Waals surface area contributed by atoms with Crippen molar-refractivity contribution < 1.29 is 46.7 Å². The van der Waals surface area contributed by atoms with Gasteiger partial charge in [0.25, 0.3) is 5.91 Å². The molecular formula is C27H35F2N3O8S. The van der Waals surface area contributed by atoms with Gasteiger partial charge in [-0.3, -0.25) is 24.6 Å². The van der Waals surface area contributed by atoms with E-state index in [1.54, 1.807) is 20.8 Å². The molecular weight excluding hydrogens is 564 g/mol. The van der Waals surface area contributed by atoms with E-state index in [-0.39, 0.29) is 43.5 Å². The number of halogens is 2. The first-order valence-corrected chi connectivity index (χ1v) is 14.7. The topological polar surface area (TPSA) is 146 Å². The molecule has 1 aromatic carbocycles. The molecule has 14 heteroatoms. The summed E-state index contributed by atoms with van der Waals surface area (Å²) < 4.78 is 62.5. The number of carbonyl (C=O) groups excluding carboxylic acids is 4. The number of urea groups is 1. The molecule has 1 aromatic rings. The monoisotopic (exact) mass is 599 g/mol. The number of benzene rings is 1. The molecule has 2 N–H and O–H groups in total. The Balaban J connectivity index is 1.64. The predicted octanol–water partition coefficient (Wildman–Crippen LogP) is 2.26. The predicted molar refractivity (Wildman–Crippen MR) is 142 cm³/mol. The summed E-state index contributed by atoms with van der Waals surface area (Å²) in [4.78, 5) is 52.8. The Labute approximate surface area is 239 Å². The SMILES string of the molecule is CC(C)(C)[S+]([O-])N[C@@H](c1cc(OC2CCOCC2)ccc1F)[C@@H](F)C(=O)C1C(=O)NC(=O)N(C2CCOCC2)C1=O. The Morgan fingerprint density at radius 3 is 2.34 bits per heavy atom. The summed E-state index contributed by atoms with van der Waals surface area (Å²) in [6.45, 7) is 6.28. The maximum absolute atomic E-state index is 16.2. The number of nitrogens with one attached hydrogen (secondary N) is 2. The maximum atomic E-state index is 16.2. The van der Waals surface area contributed by atoms with Gasteiger partial charge in [0.15, 0.2) is 17.9 Å². The quantitative estimate of drug-likeness (QED) is 0.322. The third kappa shape index (κ3) is 7.23. The van der Waals surface area contributed by atoms with Crippen molar-refractivity contribution in [2.24, 2.45) is 5.92 Å². The molecule has 4 amide bonds. The summed E-state index contributed by atoms with van der Waals surface area (Å²) in [7, 11) is 0. The fraction of sp³-hybridized carbons (Fsp3) is 0.630. The van der Waals surface area contributed by atoms with Crippen LogP contribution in [-0.4, -0.2) is 82.6 Å². The molecule has 3 heterocycles. The minimum atomic E-state index is -2.70. The summed E-state index contributed by atoms with van der Waals surface area (Å²) in [5, 5.41) is 1.97. The summed E-state index contributed by atoms with van der Waals surface area (Å²) >= 11 is -2.00. The van der Waals surface area contributed by atoms with Crippen LogP contribution in [0.2, 0.25) is 0 Å². The van der Waals surface area contributed by atoms with E-state index in [1.165, 1.54) is 12.1 Å². The second-order valence-electron chi connectivity index (χ2n) is 11.2. The van der Waals surface area contributed by atoms with Crippen LogP contribution in [0.3, 0.4) is 0 Å². The van der Waals surface area contributed by atoms with Crippen molar-refractivity contribution in [2.75, 3.05) is 26.4 Å². The first kappa shape index (κ1) is 31.3. The zero-order valence-electron chi connectivity index (χ0n) is 23.2. The largest absolute Gasteiger partial charge is 0.598 e. The summed E-state index contributed by atoms with van der Waals surface area (Å²) in [5.74, 6) is -6.83. The molecule has 2 unspecified atom stereocenters. The lowest BCUT2D eigenvalue weighted by Crippen LogP contribution is -2.64. The number of ketones is 1. The second kappa shape index (κ2) is 13.1. The Bertz CT molecular complexity index is 1150. The van der Waals surface area contributed by atoms with Gasteiger partial charge >= 0.3 is 6.03 Å². The van der Waals surface area contributed by atoms with Crippen molar-refractivity contribution >= 4 is 35.0 Å². The number of hydrogen-bond donors (Lipinski definition) is 2. The van der Waals surface area contributed by atoms with E-state index in [9.17, 15) is 23.7 Å². The van der Waals surface area contributed by atoms with Gasteiger partial charge < -0.3 is 18.8 Å². The lowest BCUT2D eigenvalue weighted by atomic mass is 9.89. The van der Waals surface area contributed by atoms with Gasteiger partial charge in [0, 0.05) is 49.0 Å². The molecule has 11 nitrogen and oxygen atoms in total. The molecule has 0 spiro atoms. The highest BCUT2D eigenvalue weighted by molar-refractivity contribution is 7.90. The number of barbiturate groups is 1. The first-order valence-electron chi connectivity index (χ1n) is 13.5. The Kier molecular flexibility index (Phi) is 10.0. The van der Waals surface area contributed by atoms with Crippen molar-refractivity contribution in [3.8, 4) is 5.75 Å². The van der Waals surface area contributed by atoms with Crippen molar-refractivity contribution in [1.82, 2.24) is 14.9 Å². The van der Waals surface area contributed by atoms with Crippen molar-refractivity contribution in [3.05, 3.63) is 29.6 Å². The van der Waals surface area contributed by atoms with Gasteiger partial charge in [-0.2, -0.15) is 0 Å². The molecule has 3 fully saturated rings. The van der Waals surface area contributed by atoms with Crippen LogP contribution in [0.4, 0.5) is 13.6 Å². The van der Waals surface area contributed by atoms with Gasteiger partial charge in [0.1, 0.15) is 28.5 Å². The van der Waals surface area contributed by atoms with E-state index in [2.05, 4.69) is 4.72 Å². The molecule has 3 aliphatic rings. The van der Waals surface area contributed by atoms with E-state index >= 15 is 8.78 Å². The van der Waals surface area contributed by atoms with Crippen molar-refractivity contribution in [3.63, 3.8) is 0 Å². The number of carbonyl (C=O) groups is 4. The standard InChI is InChI=1S/C27H35F2N3O8S/c1-27(2,3)41(37)31-22(18-14-17(4-5-19(18)28)40-16-8-12-39-13-9-16)21(29)23(33)20-24(34)30-26(36)32(25(20)35)15-6-10-38-11-7-15/h4-5,14-16,20-22,31H,6-13H2,1-3H3,(H,30,34,36)/t20?,21-,22+,41?/m1/s1. The number of imide groups is 2. The normalized spacial score (nSPS) is 23.6. The molecule has 4 rings (SSSR count). The minimum absolute atomic E-state index is 0.198. The van der Waals surface area contributed by atoms with Crippen LogP contribution >= 0.6 is 0 Å². The van der Waals surface area contributed by atoms with Gasteiger partial charge in [0.05, 0.1) is 13.2 Å². The Morgan fingerprint density at radius 1 is 1.12 bits per heavy atom. The van der Waals surface area contributed by atoms with Gasteiger partial charge in [0.2, 0.25) is 5.91 Å². The van der Waals surface area contributed by atoms with Gasteiger partial charge in [-0.05, 0) is 51.8 Å². The first-order chi connectivity index (χ1) is 19.4. The van der Waals surface area contributed by atoms with E-state index in [0.717, 1.165) is 11.0 Å². The lowest BCUT2D eigenvalue weighted by molar-refractivity contribution is -0.151. The number of rotatable bonds is 9. The van der Waals surface area contributed by atoms with Gasteiger partial charge in [-0.25, -0.2) is 13.6 Å². The number of Topliss-reactive ketones (excluding diaryl/α,β-unsaturated/α-hetero) is 1. The van der Waals surface area contributed by atoms with E-state index in [0.29, 0.717) is 26.1 Å². The summed E-state index contributed by atoms with van der Waals surface area (Å²) in [5.41, 5.74) is -0.367. The average Bonchev–Trinajstić information content (AvgIpc) is 2.92. The molecule has 0 aromatic heterocycles. The van der Waals surface area contributed by atoms with Gasteiger partial charge in [-0.1, -0.05) is 0 Å². The van der Waals surface area contributed by atoms with E-state index < -0.39 is 69.7 Å². The maximum Gasteiger partial charge on any atom is 0.331 e. The molecule has 4 atom stereocenters. The third-order valence-corrected chi connectivity index (χ3v) is 8.74. The fourth-order valence-electron chi connectivity index (χ4n) is 4.85. The van der Waals surface area contributed by atoms with Gasteiger partial charge in [-0.15, -0.1) is 4.72 Å². The number of alkyl halides is 1. The number of ether oxygens (including phenoxy) is 3. The smallest absolute Gasteiger partial charge is 0.331 e. The second-order valence-corrected chi connectivity index (χ2v) is 13.2. The molecule has 3 saturated heterocycles. The Hall–Kier alpha value is -2.65. The van der Waals surface area contributed by atoms with Crippen LogP contribution in [0.5, 0.6) is 5.75 Å². The highest BCUT2D eigenvalue weighted by Gasteiger charge is 2.51. The number of nitrogens with zero attached hydrogens (tertiary/aromatic N) is 1. The van der Waals surface area contributed by atoms with Crippen LogP contribution < -0.4 is 14.8 Å². The lowest BCUT2D eigenvalue weighted by Gasteiger charge is -2.37. The molecule has 3 aliphatic heterocycles. The zero-order chi connectivity index (χ0) is 29.9. The van der Waals surface area contributed by atoms with Crippen LogP contribution in [0.15, 0.2) is 18.2 Å². The molecule has 0 bridgehead atoms. The number of amides is 4. The van der Waals surface area contributed by atoms with Crippen LogP contribution in [0.1, 0.15) is 58.1 Å². The molecule has 0 saturated carbocycles. The minimum Gasteiger partial charge on any atom is -0.598 e. The van der Waals surface area contributed by atoms with Crippen LogP contribution in [0.25, 0.3) is 0 Å². The zero-order valence-corrected chi connectivity index (χ0v) is 24.0. The highest BCUT2D eigenvalue weighted by Crippen LogP contribution is 2.33. The van der Waals surface area contributed by atoms with Crippen molar-refractivity contribution in [2.45, 2.75) is 75.6 Å². The summed E-state index contributed by atoms with van der Waals surface area (Å²) in [6.07, 6.45) is -1.17. The number of hydrogen-bond acceptors (Lipinski definition) is 9. The molecule has 41 heavy (non-hydrogen) atoms. The van der Waals surface area contributed by atoms with Crippen LogP contribution in [-0.2, 0) is 35.2 Å². The van der Waals surface area contributed by atoms with Crippen molar-refractivity contribution in [1.29, 1.82) is 0 Å². The van der Waals surface area contributed by atoms with E-state index in [4.69, 9.17) is 14.2 Å². The summed E-state index contributed by atoms with van der Waals surface area (Å²) in [6, 6.07) is 0.116. The van der Waals surface area contributed by atoms with E-state index in [1.807, 2.05) is 5.32 Å². The molecule has 226 valence electrons. The fourth-order valence-corrected chi connectivity index (χ4v) is 5.68. The molecule has 0 radical (unpaired) electrons. The molecule has 0 aliphatic carbocycles. The average molecular weight is 600 g/mol. The third-order valence-electron chi connectivity index (χ3n) is 7.16. The van der Waals surface area contributed by atoms with Crippen LogP contribution in [0, 0.1) is 11.7 Å².